The summed E-state index contributed by atoms with van der Waals surface area (Å²) in [6.45, 7) is 6.21. The number of hydrogen-bond donors (Lipinski definition) is 1. The van der Waals surface area contributed by atoms with E-state index in [1.165, 1.54) is 0 Å². The number of hydroxylamine groups is 1. The number of nitrogens with zero attached hydrogens (tertiary/aromatic N) is 3. The minimum absolute atomic E-state index is 0.116. The molecule has 4 rings (SSSR count). The summed E-state index contributed by atoms with van der Waals surface area (Å²) in [5.41, 5.74) is 4.21. The SMILES string of the molecule is CC(C)(C)OC(=O)N1C[C@H](NOCc2ccccc2)CC[C@@]1([Si])c1nnc(-c2ccc(Cl)cc2)o1. The van der Waals surface area contributed by atoms with Gasteiger partial charge in [0.25, 0.3) is 0 Å². The average Bonchev–Trinajstić information content (AvgIpc) is 3.31. The van der Waals surface area contributed by atoms with E-state index >= 15 is 0 Å². The van der Waals surface area contributed by atoms with Gasteiger partial charge < -0.3 is 9.15 Å². The summed E-state index contributed by atoms with van der Waals surface area (Å²) in [6.07, 6.45) is 0.696. The van der Waals surface area contributed by atoms with Crippen LogP contribution in [0.4, 0.5) is 4.79 Å². The summed E-state index contributed by atoms with van der Waals surface area (Å²) >= 11 is 5.99. The van der Waals surface area contributed by atoms with Crippen molar-refractivity contribution in [3.63, 3.8) is 0 Å². The first-order valence-corrected chi connectivity index (χ1v) is 12.3. The molecule has 0 aliphatic carbocycles. The minimum Gasteiger partial charge on any atom is -0.444 e. The van der Waals surface area contributed by atoms with Crippen LogP contribution in [0, 0.1) is 0 Å². The molecule has 1 aliphatic rings. The van der Waals surface area contributed by atoms with Crippen LogP contribution in [0.3, 0.4) is 0 Å². The molecule has 8 nitrogen and oxygen atoms in total. The molecule has 2 heterocycles. The Labute approximate surface area is 213 Å². The van der Waals surface area contributed by atoms with E-state index in [0.717, 1.165) is 11.1 Å². The third-order valence-corrected chi connectivity index (χ3v) is 6.52. The number of hydrogen-bond acceptors (Lipinski definition) is 7. The Kier molecular flexibility index (Phi) is 7.61. The topological polar surface area (TPSA) is 89.7 Å². The van der Waals surface area contributed by atoms with Crippen molar-refractivity contribution < 1.29 is 18.8 Å². The number of carbonyl (C=O) groups excluding carboxylic acids is 1. The molecule has 35 heavy (non-hydrogen) atoms. The molecular formula is C25H28ClN4O4Si. The first-order valence-electron chi connectivity index (χ1n) is 11.4. The van der Waals surface area contributed by atoms with Gasteiger partial charge in [-0.25, -0.2) is 4.79 Å². The van der Waals surface area contributed by atoms with Crippen molar-refractivity contribution in [2.45, 2.75) is 57.0 Å². The van der Waals surface area contributed by atoms with Gasteiger partial charge in [-0.1, -0.05) is 41.9 Å². The predicted octanol–water partition coefficient (Wildman–Crippen LogP) is 4.83. The van der Waals surface area contributed by atoms with Crippen LogP contribution in [-0.2, 0) is 21.3 Å². The van der Waals surface area contributed by atoms with Gasteiger partial charge >= 0.3 is 6.09 Å². The first kappa shape index (κ1) is 25.4. The van der Waals surface area contributed by atoms with Crippen LogP contribution in [0.1, 0.15) is 45.1 Å². The fraction of sp³-hybridized carbons (Fsp3) is 0.400. The molecule has 0 unspecified atom stereocenters. The molecule has 0 bridgehead atoms. The predicted molar refractivity (Wildman–Crippen MR) is 133 cm³/mol. The number of amides is 1. The number of piperidine rings is 1. The lowest BCUT2D eigenvalue weighted by molar-refractivity contribution is -0.0438. The van der Waals surface area contributed by atoms with Gasteiger partial charge in [0.15, 0.2) is 0 Å². The Morgan fingerprint density at radius 2 is 1.91 bits per heavy atom. The number of ether oxygens (including phenoxy) is 1. The molecule has 1 aromatic heterocycles. The van der Waals surface area contributed by atoms with Crippen molar-refractivity contribution >= 4 is 27.9 Å². The highest BCUT2D eigenvalue weighted by atomic mass is 35.5. The highest BCUT2D eigenvalue weighted by molar-refractivity contribution is 6.30. The van der Waals surface area contributed by atoms with E-state index in [1.54, 1.807) is 29.2 Å². The van der Waals surface area contributed by atoms with E-state index < -0.39 is 16.9 Å². The van der Waals surface area contributed by atoms with Crippen molar-refractivity contribution in [2.75, 3.05) is 6.54 Å². The van der Waals surface area contributed by atoms with Gasteiger partial charge in [-0.2, -0.15) is 5.48 Å². The third-order valence-electron chi connectivity index (χ3n) is 5.53. The van der Waals surface area contributed by atoms with E-state index in [1.807, 2.05) is 51.1 Å². The van der Waals surface area contributed by atoms with E-state index in [4.69, 9.17) is 25.6 Å². The lowest BCUT2D eigenvalue weighted by atomic mass is 9.98. The van der Waals surface area contributed by atoms with Gasteiger partial charge in [-0.05, 0) is 63.4 Å². The summed E-state index contributed by atoms with van der Waals surface area (Å²) in [5.74, 6) is 0.610. The van der Waals surface area contributed by atoms with Gasteiger partial charge in [-0.3, -0.25) is 9.74 Å². The maximum Gasteiger partial charge on any atom is 0.410 e. The summed E-state index contributed by atoms with van der Waals surface area (Å²) < 4.78 is 11.7. The number of halogens is 1. The Balaban J connectivity index is 1.52. The second kappa shape index (κ2) is 10.5. The Morgan fingerprint density at radius 3 is 2.60 bits per heavy atom. The molecule has 3 radical (unpaired) electrons. The molecule has 10 heteroatoms. The Morgan fingerprint density at radius 1 is 1.20 bits per heavy atom. The summed E-state index contributed by atoms with van der Waals surface area (Å²) in [6, 6.07) is 16.9. The Hall–Kier alpha value is -2.72. The van der Waals surface area contributed by atoms with Crippen LogP contribution in [0.2, 0.25) is 5.02 Å². The largest absolute Gasteiger partial charge is 0.444 e. The number of benzene rings is 2. The van der Waals surface area contributed by atoms with Crippen LogP contribution >= 0.6 is 11.6 Å². The van der Waals surface area contributed by atoms with E-state index in [9.17, 15) is 4.79 Å². The van der Waals surface area contributed by atoms with Gasteiger partial charge in [0.2, 0.25) is 11.8 Å². The normalized spacial score (nSPS) is 20.6. The fourth-order valence-corrected chi connectivity index (χ4v) is 4.32. The molecule has 2 atom stereocenters. The second-order valence-corrected chi connectivity index (χ2v) is 10.8. The van der Waals surface area contributed by atoms with E-state index in [-0.39, 0.29) is 11.9 Å². The maximum atomic E-state index is 13.3. The van der Waals surface area contributed by atoms with E-state index in [2.05, 4.69) is 25.9 Å². The fourth-order valence-electron chi connectivity index (χ4n) is 3.77. The lowest BCUT2D eigenvalue weighted by Gasteiger charge is -2.45. The molecule has 183 valence electrons. The first-order chi connectivity index (χ1) is 16.6. The monoisotopic (exact) mass is 511 g/mol. The third kappa shape index (κ3) is 6.29. The Bertz CT molecular complexity index is 1140. The van der Waals surface area contributed by atoms with Crippen molar-refractivity contribution in [1.29, 1.82) is 0 Å². The molecule has 0 spiro atoms. The minimum atomic E-state index is -1.03. The highest BCUT2D eigenvalue weighted by Crippen LogP contribution is 2.36. The highest BCUT2D eigenvalue weighted by Gasteiger charge is 2.47. The number of carbonyl (C=O) groups is 1. The van der Waals surface area contributed by atoms with Crippen molar-refractivity contribution in [3.8, 4) is 11.5 Å². The second-order valence-electron chi connectivity index (χ2n) is 9.50. The lowest BCUT2D eigenvalue weighted by Crippen LogP contribution is -2.60. The molecule has 2 aromatic carbocycles. The molecule has 1 saturated heterocycles. The number of nitrogens with one attached hydrogen (secondary N) is 1. The van der Waals surface area contributed by atoms with Crippen LogP contribution in [0.5, 0.6) is 0 Å². The molecule has 1 N–H and O–H groups in total. The van der Waals surface area contributed by atoms with Crippen LogP contribution < -0.4 is 5.48 Å². The van der Waals surface area contributed by atoms with Crippen molar-refractivity contribution in [1.82, 2.24) is 20.6 Å². The molecular weight excluding hydrogens is 484 g/mol. The smallest absolute Gasteiger partial charge is 0.410 e. The zero-order chi connectivity index (χ0) is 25.1. The van der Waals surface area contributed by atoms with Crippen LogP contribution in [-0.4, -0.2) is 49.6 Å². The van der Waals surface area contributed by atoms with Crippen molar-refractivity contribution in [2.24, 2.45) is 0 Å². The standard InChI is InChI=1S/C25H28ClN4O4Si/c1-24(2,3)34-23(31)30-15-20(29-32-16-17-7-5-4-6-8-17)13-14-25(30,35)22-28-27-21(33-22)18-9-11-19(26)12-10-18/h4-12,20,29H,13-16H2,1-3H3/t20-,25-/m1/s1. The average molecular weight is 512 g/mol. The maximum absolute atomic E-state index is 13.3. The quantitative estimate of drug-likeness (QED) is 0.374. The number of aromatic nitrogens is 2. The molecule has 1 fully saturated rings. The summed E-state index contributed by atoms with van der Waals surface area (Å²) in [7, 11) is 3.82. The summed E-state index contributed by atoms with van der Waals surface area (Å²) in [5, 5.41) is 8.05. The van der Waals surface area contributed by atoms with Crippen molar-refractivity contribution in [3.05, 3.63) is 71.1 Å². The summed E-state index contributed by atoms with van der Waals surface area (Å²) in [4.78, 5) is 20.6. The molecule has 1 aliphatic heterocycles. The van der Waals surface area contributed by atoms with E-state index in [0.29, 0.717) is 36.9 Å². The zero-order valence-corrected chi connectivity index (χ0v) is 21.7. The molecule has 0 saturated carbocycles. The van der Waals surface area contributed by atoms with Crippen LogP contribution in [0.25, 0.3) is 11.5 Å². The molecule has 3 aromatic rings. The van der Waals surface area contributed by atoms with Gasteiger partial charge in [-0.15, -0.1) is 10.2 Å². The zero-order valence-electron chi connectivity index (χ0n) is 20.0. The van der Waals surface area contributed by atoms with Gasteiger partial charge in [0, 0.05) is 17.1 Å². The van der Waals surface area contributed by atoms with Gasteiger partial charge in [0.1, 0.15) is 10.8 Å². The van der Waals surface area contributed by atoms with Crippen LogP contribution in [0.15, 0.2) is 59.0 Å². The molecule has 1 amide bonds. The van der Waals surface area contributed by atoms with Gasteiger partial charge in [0.05, 0.1) is 22.9 Å². The number of rotatable bonds is 6. The number of likely N-dealkylation sites (tertiary alicyclic amines) is 1.